The Morgan fingerprint density at radius 3 is 2.62 bits per heavy atom. The third-order valence-corrected chi connectivity index (χ3v) is 3.85. The van der Waals surface area contributed by atoms with E-state index < -0.39 is 0 Å². The van der Waals surface area contributed by atoms with Crippen LogP contribution in [0.4, 0.5) is 0 Å². The average Bonchev–Trinajstić information content (AvgIpc) is 3.12. The summed E-state index contributed by atoms with van der Waals surface area (Å²) in [6.45, 7) is 3.85. The van der Waals surface area contributed by atoms with Crippen LogP contribution in [0.5, 0.6) is 17.5 Å². The maximum Gasteiger partial charge on any atom is 0.248 e. The van der Waals surface area contributed by atoms with Gasteiger partial charge in [0.1, 0.15) is 17.0 Å². The molecule has 0 aliphatic carbocycles. The standard InChI is InChI=1S/C20H16N4O2/c1-3-14-12-13-24-18(14)20(26-15-8-5-4-6-9-15)22-19(23-24)16-10-7-11-17(21-16)25-2/h3-13H,1H2,2H3. The summed E-state index contributed by atoms with van der Waals surface area (Å²) in [5.74, 6) is 2.06. The Balaban J connectivity index is 1.89. The molecule has 0 spiro atoms. The van der Waals surface area contributed by atoms with Crippen LogP contribution >= 0.6 is 0 Å². The van der Waals surface area contributed by atoms with E-state index in [0.29, 0.717) is 29.0 Å². The van der Waals surface area contributed by atoms with Crippen molar-refractivity contribution in [3.8, 4) is 29.0 Å². The molecule has 128 valence electrons. The zero-order chi connectivity index (χ0) is 17.9. The van der Waals surface area contributed by atoms with Gasteiger partial charge in [0.15, 0.2) is 0 Å². The quantitative estimate of drug-likeness (QED) is 0.542. The van der Waals surface area contributed by atoms with Crippen LogP contribution in [0.25, 0.3) is 23.1 Å². The largest absolute Gasteiger partial charge is 0.481 e. The molecule has 0 aliphatic rings. The third kappa shape index (κ3) is 2.88. The van der Waals surface area contributed by atoms with Crippen LogP contribution in [0.3, 0.4) is 0 Å². The summed E-state index contributed by atoms with van der Waals surface area (Å²) in [4.78, 5) is 9.01. The summed E-state index contributed by atoms with van der Waals surface area (Å²) in [6, 6.07) is 16.9. The molecule has 0 radical (unpaired) electrons. The minimum absolute atomic E-state index is 0.436. The van der Waals surface area contributed by atoms with Gasteiger partial charge < -0.3 is 9.47 Å². The maximum atomic E-state index is 6.03. The topological polar surface area (TPSA) is 61.5 Å². The Hall–Kier alpha value is -3.67. The Bertz CT molecular complexity index is 1070. The van der Waals surface area contributed by atoms with Crippen LogP contribution in [0, 0.1) is 0 Å². The molecule has 3 aromatic heterocycles. The predicted octanol–water partition coefficient (Wildman–Crippen LogP) is 4.24. The molecule has 0 unspecified atom stereocenters. The van der Waals surface area contributed by atoms with Gasteiger partial charge in [0.2, 0.25) is 17.6 Å². The summed E-state index contributed by atoms with van der Waals surface area (Å²) < 4.78 is 12.9. The van der Waals surface area contributed by atoms with Gasteiger partial charge in [-0.05, 0) is 24.3 Å². The fraction of sp³-hybridized carbons (Fsp3) is 0.0500. The van der Waals surface area contributed by atoms with Crippen molar-refractivity contribution in [2.24, 2.45) is 0 Å². The molecule has 0 atom stereocenters. The van der Waals surface area contributed by atoms with E-state index >= 15 is 0 Å². The second-order valence-corrected chi connectivity index (χ2v) is 5.49. The molecule has 0 N–H and O–H groups in total. The van der Waals surface area contributed by atoms with Crippen molar-refractivity contribution in [2.75, 3.05) is 7.11 Å². The van der Waals surface area contributed by atoms with Crippen molar-refractivity contribution in [1.29, 1.82) is 0 Å². The second kappa shape index (κ2) is 6.68. The van der Waals surface area contributed by atoms with Crippen molar-refractivity contribution >= 4 is 11.6 Å². The number of hydrogen-bond donors (Lipinski definition) is 0. The first-order valence-corrected chi connectivity index (χ1v) is 8.04. The molecule has 0 fully saturated rings. The molecule has 0 aliphatic heterocycles. The van der Waals surface area contributed by atoms with Gasteiger partial charge in [0, 0.05) is 17.8 Å². The highest BCUT2D eigenvalue weighted by Crippen LogP contribution is 2.29. The lowest BCUT2D eigenvalue weighted by Crippen LogP contribution is -2.02. The zero-order valence-electron chi connectivity index (χ0n) is 14.2. The molecular formula is C20H16N4O2. The van der Waals surface area contributed by atoms with Crippen LogP contribution in [-0.2, 0) is 0 Å². The summed E-state index contributed by atoms with van der Waals surface area (Å²) >= 11 is 0. The van der Waals surface area contributed by atoms with Crippen molar-refractivity contribution < 1.29 is 9.47 Å². The number of aromatic nitrogens is 4. The summed E-state index contributed by atoms with van der Waals surface area (Å²) in [7, 11) is 1.57. The molecule has 1 aromatic carbocycles. The Morgan fingerprint density at radius 1 is 1.00 bits per heavy atom. The Morgan fingerprint density at radius 2 is 1.85 bits per heavy atom. The Labute approximate surface area is 150 Å². The van der Waals surface area contributed by atoms with Gasteiger partial charge >= 0.3 is 0 Å². The van der Waals surface area contributed by atoms with Gasteiger partial charge in [0.05, 0.1) is 7.11 Å². The van der Waals surface area contributed by atoms with Crippen LogP contribution < -0.4 is 9.47 Å². The summed E-state index contributed by atoms with van der Waals surface area (Å²) in [6.07, 6.45) is 3.59. The van der Waals surface area contributed by atoms with Gasteiger partial charge in [-0.25, -0.2) is 9.50 Å². The van der Waals surface area contributed by atoms with Gasteiger partial charge in [-0.3, -0.25) is 0 Å². The first-order valence-electron chi connectivity index (χ1n) is 8.04. The minimum Gasteiger partial charge on any atom is -0.481 e. The number of benzene rings is 1. The lowest BCUT2D eigenvalue weighted by atomic mass is 10.3. The maximum absolute atomic E-state index is 6.03. The van der Waals surface area contributed by atoms with E-state index in [2.05, 4.69) is 21.6 Å². The average molecular weight is 344 g/mol. The number of pyridine rings is 1. The fourth-order valence-electron chi connectivity index (χ4n) is 2.61. The third-order valence-electron chi connectivity index (χ3n) is 3.85. The molecular weight excluding hydrogens is 328 g/mol. The minimum atomic E-state index is 0.436. The molecule has 26 heavy (non-hydrogen) atoms. The highest BCUT2D eigenvalue weighted by atomic mass is 16.5. The van der Waals surface area contributed by atoms with E-state index in [1.54, 1.807) is 23.8 Å². The molecule has 0 amide bonds. The lowest BCUT2D eigenvalue weighted by molar-refractivity contribution is 0.398. The monoisotopic (exact) mass is 344 g/mol. The second-order valence-electron chi connectivity index (χ2n) is 5.49. The molecule has 4 aromatic rings. The van der Waals surface area contributed by atoms with E-state index in [9.17, 15) is 0 Å². The number of rotatable bonds is 5. The van der Waals surface area contributed by atoms with Crippen molar-refractivity contribution in [2.45, 2.75) is 0 Å². The summed E-state index contributed by atoms with van der Waals surface area (Å²) in [5, 5.41) is 4.55. The number of ether oxygens (including phenoxy) is 2. The zero-order valence-corrected chi connectivity index (χ0v) is 14.2. The first-order chi connectivity index (χ1) is 12.8. The molecule has 0 saturated carbocycles. The fourth-order valence-corrected chi connectivity index (χ4v) is 2.61. The SMILES string of the molecule is C=Cc1ccn2nc(-c3cccc(OC)n3)nc(Oc3ccccc3)c12. The Kier molecular flexibility index (Phi) is 4.07. The van der Waals surface area contributed by atoms with Gasteiger partial charge in [-0.1, -0.05) is 36.9 Å². The van der Waals surface area contributed by atoms with E-state index in [-0.39, 0.29) is 0 Å². The molecule has 3 heterocycles. The number of hydrogen-bond acceptors (Lipinski definition) is 5. The lowest BCUT2D eigenvalue weighted by Gasteiger charge is -2.10. The number of methoxy groups -OCH3 is 1. The highest BCUT2D eigenvalue weighted by Gasteiger charge is 2.15. The van der Waals surface area contributed by atoms with Crippen molar-refractivity contribution in [3.63, 3.8) is 0 Å². The van der Waals surface area contributed by atoms with E-state index in [1.807, 2.05) is 54.7 Å². The number of nitrogens with zero attached hydrogens (tertiary/aromatic N) is 4. The van der Waals surface area contributed by atoms with Gasteiger partial charge in [-0.15, -0.1) is 5.10 Å². The molecule has 4 rings (SSSR count). The van der Waals surface area contributed by atoms with Gasteiger partial charge in [0.25, 0.3) is 0 Å². The highest BCUT2D eigenvalue weighted by molar-refractivity contribution is 5.75. The summed E-state index contributed by atoms with van der Waals surface area (Å²) in [5.41, 5.74) is 2.23. The number of fused-ring (bicyclic) bond motifs is 1. The molecule has 6 heteroatoms. The van der Waals surface area contributed by atoms with Crippen LogP contribution in [0.2, 0.25) is 0 Å². The van der Waals surface area contributed by atoms with Crippen LogP contribution in [0.15, 0.2) is 67.4 Å². The predicted molar refractivity (Wildman–Crippen MR) is 99.4 cm³/mol. The first kappa shape index (κ1) is 15.8. The smallest absolute Gasteiger partial charge is 0.248 e. The number of para-hydroxylation sites is 1. The van der Waals surface area contributed by atoms with E-state index in [0.717, 1.165) is 11.1 Å². The van der Waals surface area contributed by atoms with Crippen LogP contribution in [0.1, 0.15) is 5.56 Å². The van der Waals surface area contributed by atoms with E-state index in [4.69, 9.17) is 9.47 Å². The van der Waals surface area contributed by atoms with Crippen LogP contribution in [-0.4, -0.2) is 26.7 Å². The van der Waals surface area contributed by atoms with E-state index in [1.165, 1.54) is 0 Å². The normalized spacial score (nSPS) is 10.7. The molecule has 0 bridgehead atoms. The van der Waals surface area contributed by atoms with Gasteiger partial charge in [-0.2, -0.15) is 4.98 Å². The van der Waals surface area contributed by atoms with Crippen molar-refractivity contribution in [1.82, 2.24) is 19.6 Å². The molecule has 6 nitrogen and oxygen atoms in total. The molecule has 0 saturated heterocycles. The van der Waals surface area contributed by atoms with Crippen molar-refractivity contribution in [3.05, 3.63) is 72.9 Å².